The summed E-state index contributed by atoms with van der Waals surface area (Å²) in [6, 6.07) is 3.71. The van der Waals surface area contributed by atoms with Crippen LogP contribution >= 0.6 is 0 Å². The number of carbonyl (C=O) groups is 2. The van der Waals surface area contributed by atoms with Gasteiger partial charge in [0, 0.05) is 6.04 Å². The first-order valence-electron chi connectivity index (χ1n) is 6.29. The van der Waals surface area contributed by atoms with Crippen molar-refractivity contribution in [3.63, 3.8) is 0 Å². The molecule has 0 saturated heterocycles. The van der Waals surface area contributed by atoms with E-state index in [-0.39, 0.29) is 6.42 Å². The lowest BCUT2D eigenvalue weighted by molar-refractivity contribution is -0.142. The summed E-state index contributed by atoms with van der Waals surface area (Å²) >= 11 is 0. The molecule has 0 aliphatic carbocycles. The van der Waals surface area contributed by atoms with E-state index in [1.54, 1.807) is 6.92 Å². The van der Waals surface area contributed by atoms with Crippen molar-refractivity contribution in [1.29, 1.82) is 0 Å². The molecule has 0 aliphatic rings. The van der Waals surface area contributed by atoms with Gasteiger partial charge in [-0.2, -0.15) is 13.2 Å². The van der Waals surface area contributed by atoms with Crippen LogP contribution in [0.1, 0.15) is 25.0 Å². The molecule has 1 aromatic rings. The van der Waals surface area contributed by atoms with Gasteiger partial charge in [-0.1, -0.05) is 12.1 Å². The second-order valence-electron chi connectivity index (χ2n) is 4.85. The number of halogens is 3. The number of hydrogen-bond acceptors (Lipinski definition) is 2. The predicted octanol–water partition coefficient (Wildman–Crippen LogP) is 2.47. The summed E-state index contributed by atoms with van der Waals surface area (Å²) in [5, 5.41) is 11.3. The van der Waals surface area contributed by atoms with E-state index >= 15 is 0 Å². The molecule has 2 atom stereocenters. The number of carboxylic acid groups (broad SMARTS) is 1. The SMILES string of the molecule is CC(NC(=O)Cc1ccc(C(F)(F)F)cc1)C(C)C(=O)O. The quantitative estimate of drug-likeness (QED) is 0.878. The number of carbonyl (C=O) groups excluding carboxylic acids is 1. The van der Waals surface area contributed by atoms with Crippen LogP contribution in [-0.4, -0.2) is 23.0 Å². The molecular weight excluding hydrogens is 287 g/mol. The molecule has 4 nitrogen and oxygen atoms in total. The van der Waals surface area contributed by atoms with Crippen molar-refractivity contribution in [2.75, 3.05) is 0 Å². The minimum absolute atomic E-state index is 0.102. The molecule has 1 aromatic carbocycles. The fourth-order valence-corrected chi connectivity index (χ4v) is 1.64. The highest BCUT2D eigenvalue weighted by atomic mass is 19.4. The van der Waals surface area contributed by atoms with Crippen LogP contribution in [0.4, 0.5) is 13.2 Å². The van der Waals surface area contributed by atoms with Crippen molar-refractivity contribution in [3.05, 3.63) is 35.4 Å². The maximum atomic E-state index is 12.4. The third kappa shape index (κ3) is 5.09. The Hall–Kier alpha value is -2.05. The maximum Gasteiger partial charge on any atom is 0.416 e. The first-order valence-corrected chi connectivity index (χ1v) is 6.29. The fraction of sp³-hybridized carbons (Fsp3) is 0.429. The van der Waals surface area contributed by atoms with Crippen LogP contribution in [0.2, 0.25) is 0 Å². The number of hydrogen-bond donors (Lipinski definition) is 2. The summed E-state index contributed by atoms with van der Waals surface area (Å²) in [6.45, 7) is 3.02. The molecule has 0 aliphatic heterocycles. The number of aliphatic carboxylic acids is 1. The zero-order valence-electron chi connectivity index (χ0n) is 11.6. The number of nitrogens with one attached hydrogen (secondary N) is 1. The summed E-state index contributed by atoms with van der Waals surface area (Å²) in [6.07, 6.45) is -4.51. The highest BCUT2D eigenvalue weighted by Gasteiger charge is 2.30. The Balaban J connectivity index is 2.61. The van der Waals surface area contributed by atoms with Crippen LogP contribution in [0.15, 0.2) is 24.3 Å². The third-order valence-electron chi connectivity index (χ3n) is 3.17. The molecule has 116 valence electrons. The molecule has 0 heterocycles. The summed E-state index contributed by atoms with van der Waals surface area (Å²) in [5.74, 6) is -2.21. The van der Waals surface area contributed by atoms with Crippen molar-refractivity contribution in [2.24, 2.45) is 5.92 Å². The van der Waals surface area contributed by atoms with E-state index in [9.17, 15) is 22.8 Å². The molecule has 1 amide bonds. The van der Waals surface area contributed by atoms with Crippen LogP contribution in [0.5, 0.6) is 0 Å². The average Bonchev–Trinajstić information content (AvgIpc) is 2.36. The number of benzene rings is 1. The standard InChI is InChI=1S/C14H16F3NO3/c1-8(13(20)21)9(2)18-12(19)7-10-3-5-11(6-4-10)14(15,16)17/h3-6,8-9H,7H2,1-2H3,(H,18,19)(H,20,21). The van der Waals surface area contributed by atoms with Gasteiger partial charge in [-0.25, -0.2) is 0 Å². The third-order valence-corrected chi connectivity index (χ3v) is 3.17. The van der Waals surface area contributed by atoms with E-state index in [0.29, 0.717) is 5.56 Å². The van der Waals surface area contributed by atoms with Crippen LogP contribution in [0, 0.1) is 5.92 Å². The van der Waals surface area contributed by atoms with Gasteiger partial charge in [0.2, 0.25) is 5.91 Å². The van der Waals surface area contributed by atoms with Gasteiger partial charge in [-0.15, -0.1) is 0 Å². The Kier molecular flexibility index (Phi) is 5.34. The predicted molar refractivity (Wildman–Crippen MR) is 69.6 cm³/mol. The van der Waals surface area contributed by atoms with E-state index < -0.39 is 35.6 Å². The largest absolute Gasteiger partial charge is 0.481 e. The maximum absolute atomic E-state index is 12.4. The highest BCUT2D eigenvalue weighted by Crippen LogP contribution is 2.29. The Morgan fingerprint density at radius 1 is 1.19 bits per heavy atom. The zero-order valence-corrected chi connectivity index (χ0v) is 11.6. The highest BCUT2D eigenvalue weighted by molar-refractivity contribution is 5.80. The minimum Gasteiger partial charge on any atom is -0.481 e. The molecule has 1 rings (SSSR count). The average molecular weight is 303 g/mol. The van der Waals surface area contributed by atoms with Crippen LogP contribution in [0.3, 0.4) is 0 Å². The monoisotopic (exact) mass is 303 g/mol. The van der Waals surface area contributed by atoms with Crippen molar-refractivity contribution in [3.8, 4) is 0 Å². The molecule has 0 spiro atoms. The molecule has 7 heteroatoms. The second kappa shape index (κ2) is 6.60. The Morgan fingerprint density at radius 3 is 2.14 bits per heavy atom. The van der Waals surface area contributed by atoms with Gasteiger partial charge in [-0.05, 0) is 31.5 Å². The van der Waals surface area contributed by atoms with E-state index in [2.05, 4.69) is 5.32 Å². The fourth-order valence-electron chi connectivity index (χ4n) is 1.64. The Morgan fingerprint density at radius 2 is 1.71 bits per heavy atom. The van der Waals surface area contributed by atoms with E-state index in [4.69, 9.17) is 5.11 Å². The Bertz CT molecular complexity index is 511. The number of rotatable bonds is 5. The Labute approximate surface area is 120 Å². The topological polar surface area (TPSA) is 66.4 Å². The lowest BCUT2D eigenvalue weighted by Gasteiger charge is -2.17. The molecule has 2 N–H and O–H groups in total. The first kappa shape index (κ1) is 17.0. The van der Waals surface area contributed by atoms with Gasteiger partial charge in [-0.3, -0.25) is 9.59 Å². The zero-order chi connectivity index (χ0) is 16.2. The smallest absolute Gasteiger partial charge is 0.416 e. The van der Waals surface area contributed by atoms with Gasteiger partial charge in [0.05, 0.1) is 17.9 Å². The van der Waals surface area contributed by atoms with Crippen LogP contribution in [0.25, 0.3) is 0 Å². The number of carboxylic acids is 1. The van der Waals surface area contributed by atoms with Gasteiger partial charge >= 0.3 is 12.1 Å². The summed E-state index contributed by atoms with van der Waals surface area (Å²) in [5.41, 5.74) is -0.352. The van der Waals surface area contributed by atoms with E-state index in [0.717, 1.165) is 12.1 Å². The van der Waals surface area contributed by atoms with Gasteiger partial charge in [0.1, 0.15) is 0 Å². The lowest BCUT2D eigenvalue weighted by Crippen LogP contribution is -2.40. The van der Waals surface area contributed by atoms with Gasteiger partial charge in [0.15, 0.2) is 0 Å². The second-order valence-corrected chi connectivity index (χ2v) is 4.85. The first-order chi connectivity index (χ1) is 9.61. The molecule has 2 unspecified atom stereocenters. The lowest BCUT2D eigenvalue weighted by atomic mass is 10.0. The minimum atomic E-state index is -4.41. The van der Waals surface area contributed by atoms with Crippen molar-refractivity contribution < 1.29 is 27.9 Å². The van der Waals surface area contributed by atoms with Crippen molar-refractivity contribution in [1.82, 2.24) is 5.32 Å². The normalized spacial score (nSPS) is 14.3. The molecule has 0 saturated carbocycles. The molecule has 0 fully saturated rings. The summed E-state index contributed by atoms with van der Waals surface area (Å²) in [4.78, 5) is 22.5. The number of alkyl halides is 3. The molecular formula is C14H16F3NO3. The van der Waals surface area contributed by atoms with Crippen molar-refractivity contribution in [2.45, 2.75) is 32.5 Å². The van der Waals surface area contributed by atoms with E-state index in [1.807, 2.05) is 0 Å². The van der Waals surface area contributed by atoms with Gasteiger partial charge in [0.25, 0.3) is 0 Å². The van der Waals surface area contributed by atoms with Gasteiger partial charge < -0.3 is 10.4 Å². The van der Waals surface area contributed by atoms with E-state index in [1.165, 1.54) is 19.1 Å². The van der Waals surface area contributed by atoms with Crippen LogP contribution < -0.4 is 5.32 Å². The van der Waals surface area contributed by atoms with Crippen LogP contribution in [-0.2, 0) is 22.2 Å². The summed E-state index contributed by atoms with van der Waals surface area (Å²) < 4.78 is 37.2. The van der Waals surface area contributed by atoms with Crippen molar-refractivity contribution >= 4 is 11.9 Å². The molecule has 0 bridgehead atoms. The molecule has 0 aromatic heterocycles. The molecule has 0 radical (unpaired) electrons. The molecule has 21 heavy (non-hydrogen) atoms. The summed E-state index contributed by atoms with van der Waals surface area (Å²) in [7, 11) is 0. The number of amides is 1.